The van der Waals surface area contributed by atoms with Crippen LogP contribution < -0.4 is 10.6 Å². The summed E-state index contributed by atoms with van der Waals surface area (Å²) in [7, 11) is 1.95. The van der Waals surface area contributed by atoms with Gasteiger partial charge in [-0.25, -0.2) is 9.38 Å². The van der Waals surface area contributed by atoms with E-state index >= 15 is 0 Å². The Morgan fingerprint density at radius 1 is 1.19 bits per heavy atom. The summed E-state index contributed by atoms with van der Waals surface area (Å²) >= 11 is 0. The molecule has 6 nitrogen and oxygen atoms in total. The Morgan fingerprint density at radius 2 is 1.93 bits per heavy atom. The van der Waals surface area contributed by atoms with Crippen molar-refractivity contribution in [2.45, 2.75) is 58.0 Å². The molecule has 1 aliphatic rings. The number of nitrogens with one attached hydrogen (secondary N) is 2. The van der Waals surface area contributed by atoms with E-state index in [1.807, 2.05) is 30.7 Å². The van der Waals surface area contributed by atoms with Gasteiger partial charge in [0.2, 0.25) is 0 Å². The fraction of sp³-hybridized carbons (Fsp3) is 0.550. The van der Waals surface area contributed by atoms with Crippen molar-refractivity contribution < 1.29 is 4.39 Å². The molecule has 1 fully saturated rings. The van der Waals surface area contributed by atoms with Gasteiger partial charge in [-0.15, -0.1) is 10.2 Å². The molecule has 2 N–H and O–H groups in total. The van der Waals surface area contributed by atoms with Gasteiger partial charge in [-0.2, -0.15) is 0 Å². The molecule has 146 valence electrons. The molecule has 0 atom stereocenters. The zero-order valence-electron chi connectivity index (χ0n) is 16.2. The Hall–Kier alpha value is -2.44. The van der Waals surface area contributed by atoms with Crippen LogP contribution in [0.3, 0.4) is 0 Å². The normalized spacial score (nSPS) is 15.7. The number of aliphatic imine (C=N–C) groups is 1. The van der Waals surface area contributed by atoms with Crippen LogP contribution >= 0.6 is 0 Å². The molecule has 0 aliphatic heterocycles. The van der Waals surface area contributed by atoms with E-state index in [-0.39, 0.29) is 5.82 Å². The summed E-state index contributed by atoms with van der Waals surface area (Å²) in [6.07, 6.45) is 7.03. The third kappa shape index (κ3) is 5.77. The van der Waals surface area contributed by atoms with Crippen LogP contribution in [0, 0.1) is 12.7 Å². The first kappa shape index (κ1) is 19.3. The monoisotopic (exact) mass is 372 g/mol. The molecule has 0 bridgehead atoms. The standard InChI is InChI=1S/C20H29FN6/c1-15-25-26-19(27(15)2)14-23-20(24-18-6-4-3-5-7-18)22-13-12-16-8-10-17(21)11-9-16/h8-11,18H,3-7,12-14H2,1-2H3,(H2,22,23,24). The number of benzene rings is 1. The van der Waals surface area contributed by atoms with E-state index < -0.39 is 0 Å². The van der Waals surface area contributed by atoms with Gasteiger partial charge >= 0.3 is 0 Å². The maximum absolute atomic E-state index is 13.0. The molecule has 0 amide bonds. The lowest BCUT2D eigenvalue weighted by atomic mass is 9.96. The zero-order valence-corrected chi connectivity index (χ0v) is 16.2. The van der Waals surface area contributed by atoms with Gasteiger partial charge < -0.3 is 15.2 Å². The topological polar surface area (TPSA) is 67.1 Å². The van der Waals surface area contributed by atoms with Crippen molar-refractivity contribution in [3.63, 3.8) is 0 Å². The number of guanidine groups is 1. The predicted octanol–water partition coefficient (Wildman–Crippen LogP) is 2.87. The van der Waals surface area contributed by atoms with E-state index in [1.54, 1.807) is 0 Å². The quantitative estimate of drug-likeness (QED) is 0.604. The van der Waals surface area contributed by atoms with Crippen LogP contribution in [-0.2, 0) is 20.0 Å². The minimum absolute atomic E-state index is 0.202. The molecule has 0 radical (unpaired) electrons. The lowest BCUT2D eigenvalue weighted by molar-refractivity contribution is 0.410. The van der Waals surface area contributed by atoms with E-state index in [2.05, 4.69) is 20.8 Å². The van der Waals surface area contributed by atoms with Gasteiger partial charge in [0, 0.05) is 19.6 Å². The Labute approximate surface area is 160 Å². The lowest BCUT2D eigenvalue weighted by Gasteiger charge is -2.25. The molecule has 27 heavy (non-hydrogen) atoms. The van der Waals surface area contributed by atoms with Crippen LogP contribution in [0.2, 0.25) is 0 Å². The van der Waals surface area contributed by atoms with E-state index in [4.69, 9.17) is 4.99 Å². The number of halogens is 1. The van der Waals surface area contributed by atoms with Crippen molar-refractivity contribution in [3.05, 3.63) is 47.3 Å². The number of nitrogens with zero attached hydrogens (tertiary/aromatic N) is 4. The van der Waals surface area contributed by atoms with Crippen LogP contribution in [0.1, 0.15) is 49.3 Å². The predicted molar refractivity (Wildman–Crippen MR) is 105 cm³/mol. The molecule has 1 heterocycles. The van der Waals surface area contributed by atoms with E-state index in [1.165, 1.54) is 44.2 Å². The summed E-state index contributed by atoms with van der Waals surface area (Å²) in [6.45, 7) is 3.15. The fourth-order valence-electron chi connectivity index (χ4n) is 3.31. The molecule has 0 unspecified atom stereocenters. The first-order valence-corrected chi connectivity index (χ1v) is 9.76. The highest BCUT2D eigenvalue weighted by molar-refractivity contribution is 5.80. The summed E-state index contributed by atoms with van der Waals surface area (Å²) in [5.74, 6) is 2.33. The van der Waals surface area contributed by atoms with Gasteiger partial charge in [0.25, 0.3) is 0 Å². The number of hydrogen-bond acceptors (Lipinski definition) is 3. The summed E-state index contributed by atoms with van der Waals surface area (Å²) < 4.78 is 15.0. The van der Waals surface area contributed by atoms with Crippen LogP contribution in [-0.4, -0.2) is 33.3 Å². The number of rotatable bonds is 6. The third-order valence-electron chi connectivity index (χ3n) is 5.13. The van der Waals surface area contributed by atoms with Crippen molar-refractivity contribution >= 4 is 5.96 Å². The van der Waals surface area contributed by atoms with Crippen molar-refractivity contribution in [2.24, 2.45) is 12.0 Å². The van der Waals surface area contributed by atoms with Gasteiger partial charge in [0.15, 0.2) is 11.8 Å². The van der Waals surface area contributed by atoms with Crippen LogP contribution in [0.4, 0.5) is 4.39 Å². The largest absolute Gasteiger partial charge is 0.356 e. The smallest absolute Gasteiger partial charge is 0.191 e. The van der Waals surface area contributed by atoms with E-state index in [9.17, 15) is 4.39 Å². The Bertz CT molecular complexity index is 746. The molecule has 0 saturated heterocycles. The van der Waals surface area contributed by atoms with Crippen LogP contribution in [0.25, 0.3) is 0 Å². The summed E-state index contributed by atoms with van der Waals surface area (Å²) in [6, 6.07) is 7.12. The van der Waals surface area contributed by atoms with Gasteiger partial charge in [0.1, 0.15) is 18.2 Å². The Morgan fingerprint density at radius 3 is 2.59 bits per heavy atom. The molecule has 2 aromatic rings. The fourth-order valence-corrected chi connectivity index (χ4v) is 3.31. The van der Waals surface area contributed by atoms with Crippen LogP contribution in [0.5, 0.6) is 0 Å². The molecule has 7 heteroatoms. The third-order valence-corrected chi connectivity index (χ3v) is 5.13. The highest BCUT2D eigenvalue weighted by Gasteiger charge is 2.15. The lowest BCUT2D eigenvalue weighted by Crippen LogP contribution is -2.44. The molecular weight excluding hydrogens is 343 g/mol. The SMILES string of the molecule is Cc1nnc(CN=C(NCCc2ccc(F)cc2)NC2CCCCC2)n1C. The van der Waals surface area contributed by atoms with Gasteiger partial charge in [-0.1, -0.05) is 31.4 Å². The zero-order chi connectivity index (χ0) is 19.1. The first-order chi connectivity index (χ1) is 13.1. The van der Waals surface area contributed by atoms with Crippen LogP contribution in [0.15, 0.2) is 29.3 Å². The summed E-state index contributed by atoms with van der Waals surface area (Å²) in [4.78, 5) is 4.72. The van der Waals surface area contributed by atoms with Crippen molar-refractivity contribution in [1.82, 2.24) is 25.4 Å². The molecule has 0 spiro atoms. The molecule has 1 aliphatic carbocycles. The number of hydrogen-bond donors (Lipinski definition) is 2. The Balaban J connectivity index is 1.60. The first-order valence-electron chi connectivity index (χ1n) is 9.76. The van der Waals surface area contributed by atoms with Crippen molar-refractivity contribution in [1.29, 1.82) is 0 Å². The average Bonchev–Trinajstić information content (AvgIpc) is 3.00. The van der Waals surface area contributed by atoms with Crippen molar-refractivity contribution in [2.75, 3.05) is 6.54 Å². The summed E-state index contributed by atoms with van der Waals surface area (Å²) in [5.41, 5.74) is 1.10. The second kappa shape index (κ2) is 9.48. The minimum Gasteiger partial charge on any atom is -0.356 e. The maximum Gasteiger partial charge on any atom is 0.191 e. The van der Waals surface area contributed by atoms with E-state index in [0.717, 1.165) is 36.1 Å². The summed E-state index contributed by atoms with van der Waals surface area (Å²) in [5, 5.41) is 15.3. The maximum atomic E-state index is 13.0. The molecule has 1 aromatic carbocycles. The van der Waals surface area contributed by atoms with E-state index in [0.29, 0.717) is 12.6 Å². The minimum atomic E-state index is -0.202. The van der Waals surface area contributed by atoms with Gasteiger partial charge in [0.05, 0.1) is 0 Å². The highest BCUT2D eigenvalue weighted by Crippen LogP contribution is 2.17. The Kier molecular flexibility index (Phi) is 6.79. The number of aromatic nitrogens is 3. The van der Waals surface area contributed by atoms with Gasteiger partial charge in [-0.3, -0.25) is 0 Å². The van der Waals surface area contributed by atoms with Gasteiger partial charge in [-0.05, 0) is 43.9 Å². The second-order valence-corrected chi connectivity index (χ2v) is 7.17. The number of aryl methyl sites for hydroxylation is 1. The molecule has 1 aromatic heterocycles. The molecule has 1 saturated carbocycles. The van der Waals surface area contributed by atoms with Crippen molar-refractivity contribution in [3.8, 4) is 0 Å². The molecule has 3 rings (SSSR count). The molecular formula is C20H29FN6. The average molecular weight is 372 g/mol. The second-order valence-electron chi connectivity index (χ2n) is 7.17. The highest BCUT2D eigenvalue weighted by atomic mass is 19.1.